The largest absolute Gasteiger partial charge is 0.385 e. The minimum atomic E-state index is -0.624. The van der Waals surface area contributed by atoms with Gasteiger partial charge in [-0.05, 0) is 43.4 Å². The van der Waals surface area contributed by atoms with Crippen LogP contribution in [0.4, 0.5) is 0 Å². The van der Waals surface area contributed by atoms with E-state index in [-0.39, 0.29) is 0 Å². The standard InChI is InChI=1S/C15H26OS/c1-5-10-15(16,11-6-2)14(7-3)17-12(4)13-8-9-13/h7,13,16H,4-6,8-11H2,1-3H3/b14-7-. The number of thioether (sulfide) groups is 1. The Morgan fingerprint density at radius 2 is 1.88 bits per heavy atom. The number of hydrogen-bond donors (Lipinski definition) is 1. The Kier molecular flexibility index (Phi) is 5.81. The highest BCUT2D eigenvalue weighted by Crippen LogP contribution is 2.47. The summed E-state index contributed by atoms with van der Waals surface area (Å²) < 4.78 is 0. The van der Waals surface area contributed by atoms with Gasteiger partial charge in [-0.3, -0.25) is 0 Å². The quantitative estimate of drug-likeness (QED) is 0.666. The van der Waals surface area contributed by atoms with Gasteiger partial charge in [-0.25, -0.2) is 0 Å². The molecule has 1 aliphatic carbocycles. The Bertz CT molecular complexity index is 283. The van der Waals surface area contributed by atoms with Gasteiger partial charge >= 0.3 is 0 Å². The summed E-state index contributed by atoms with van der Waals surface area (Å²) >= 11 is 1.72. The minimum Gasteiger partial charge on any atom is -0.385 e. The molecule has 0 aromatic heterocycles. The molecule has 0 aliphatic heterocycles. The first-order valence-electron chi connectivity index (χ1n) is 6.83. The first-order valence-corrected chi connectivity index (χ1v) is 7.64. The zero-order valence-corrected chi connectivity index (χ0v) is 12.3. The van der Waals surface area contributed by atoms with E-state index in [1.54, 1.807) is 11.8 Å². The van der Waals surface area contributed by atoms with Crippen LogP contribution in [0.25, 0.3) is 0 Å². The number of aliphatic hydroxyl groups is 1. The molecule has 1 fully saturated rings. The third-order valence-corrected chi connectivity index (χ3v) is 4.75. The number of allylic oxidation sites excluding steroid dienone is 2. The maximum absolute atomic E-state index is 10.8. The van der Waals surface area contributed by atoms with Crippen molar-refractivity contribution in [3.05, 3.63) is 22.5 Å². The smallest absolute Gasteiger partial charge is 0.0954 e. The molecule has 1 saturated carbocycles. The van der Waals surface area contributed by atoms with Crippen molar-refractivity contribution < 1.29 is 5.11 Å². The van der Waals surface area contributed by atoms with Crippen molar-refractivity contribution in [2.24, 2.45) is 5.92 Å². The topological polar surface area (TPSA) is 20.2 Å². The molecule has 0 unspecified atom stereocenters. The van der Waals surface area contributed by atoms with E-state index in [0.717, 1.165) is 30.6 Å². The summed E-state index contributed by atoms with van der Waals surface area (Å²) in [5.41, 5.74) is -0.624. The molecule has 1 rings (SSSR count). The Balaban J connectivity index is 2.70. The molecule has 0 atom stereocenters. The van der Waals surface area contributed by atoms with Gasteiger partial charge in [0.05, 0.1) is 5.60 Å². The van der Waals surface area contributed by atoms with Crippen LogP contribution in [-0.2, 0) is 0 Å². The van der Waals surface area contributed by atoms with E-state index in [0.29, 0.717) is 5.92 Å². The summed E-state index contributed by atoms with van der Waals surface area (Å²) in [4.78, 5) is 2.35. The Labute approximate surface area is 110 Å². The van der Waals surface area contributed by atoms with Gasteiger partial charge in [0.15, 0.2) is 0 Å². The number of hydrogen-bond acceptors (Lipinski definition) is 2. The van der Waals surface area contributed by atoms with Crippen LogP contribution < -0.4 is 0 Å². The maximum atomic E-state index is 10.8. The minimum absolute atomic E-state index is 0.624. The molecule has 0 saturated heterocycles. The van der Waals surface area contributed by atoms with Crippen molar-refractivity contribution in [3.63, 3.8) is 0 Å². The molecular formula is C15H26OS. The second-order valence-electron chi connectivity index (χ2n) is 5.03. The summed E-state index contributed by atoms with van der Waals surface area (Å²) in [5.74, 6) is 0.697. The van der Waals surface area contributed by atoms with Crippen LogP contribution in [-0.4, -0.2) is 10.7 Å². The normalized spacial score (nSPS) is 17.3. The van der Waals surface area contributed by atoms with E-state index in [9.17, 15) is 5.11 Å². The molecule has 1 N–H and O–H groups in total. The second-order valence-corrected chi connectivity index (χ2v) is 6.20. The summed E-state index contributed by atoms with van der Waals surface area (Å²) in [6.07, 6.45) is 8.38. The summed E-state index contributed by atoms with van der Waals surface area (Å²) in [6.45, 7) is 10.4. The Morgan fingerprint density at radius 1 is 1.35 bits per heavy atom. The summed E-state index contributed by atoms with van der Waals surface area (Å²) in [7, 11) is 0. The highest BCUT2D eigenvalue weighted by molar-refractivity contribution is 8.06. The zero-order valence-electron chi connectivity index (χ0n) is 11.5. The lowest BCUT2D eigenvalue weighted by Gasteiger charge is -2.30. The molecule has 0 heterocycles. The van der Waals surface area contributed by atoms with Crippen molar-refractivity contribution in [3.8, 4) is 0 Å². The lowest BCUT2D eigenvalue weighted by molar-refractivity contribution is 0.0667. The van der Waals surface area contributed by atoms with Gasteiger partial charge in [0.2, 0.25) is 0 Å². The van der Waals surface area contributed by atoms with Crippen molar-refractivity contribution in [1.82, 2.24) is 0 Å². The van der Waals surface area contributed by atoms with Crippen molar-refractivity contribution in [1.29, 1.82) is 0 Å². The van der Waals surface area contributed by atoms with Crippen LogP contribution in [0.5, 0.6) is 0 Å². The molecule has 0 aromatic carbocycles. The predicted molar refractivity (Wildman–Crippen MR) is 78.0 cm³/mol. The van der Waals surface area contributed by atoms with Gasteiger partial charge in [0.25, 0.3) is 0 Å². The van der Waals surface area contributed by atoms with Crippen molar-refractivity contribution in [2.75, 3.05) is 0 Å². The van der Waals surface area contributed by atoms with Crippen molar-refractivity contribution in [2.45, 2.75) is 64.9 Å². The lowest BCUT2D eigenvalue weighted by atomic mass is 9.92. The fraction of sp³-hybridized carbons (Fsp3) is 0.733. The molecule has 2 heteroatoms. The van der Waals surface area contributed by atoms with Gasteiger partial charge in [0.1, 0.15) is 0 Å². The molecule has 1 aliphatic rings. The highest BCUT2D eigenvalue weighted by atomic mass is 32.2. The summed E-state index contributed by atoms with van der Waals surface area (Å²) in [6, 6.07) is 0. The first kappa shape index (κ1) is 14.8. The van der Waals surface area contributed by atoms with E-state index in [4.69, 9.17) is 0 Å². The third kappa shape index (κ3) is 4.18. The van der Waals surface area contributed by atoms with Crippen LogP contribution in [0, 0.1) is 5.92 Å². The maximum Gasteiger partial charge on any atom is 0.0954 e. The average Bonchev–Trinajstić information content (AvgIpc) is 3.09. The molecule has 0 amide bonds. The highest BCUT2D eigenvalue weighted by Gasteiger charge is 2.33. The van der Waals surface area contributed by atoms with Gasteiger partial charge in [-0.2, -0.15) is 0 Å². The fourth-order valence-electron chi connectivity index (χ4n) is 2.25. The molecule has 1 nitrogen and oxygen atoms in total. The molecule has 0 bridgehead atoms. The van der Waals surface area contributed by atoms with Crippen LogP contribution >= 0.6 is 11.8 Å². The number of rotatable bonds is 8. The van der Waals surface area contributed by atoms with E-state index in [1.807, 2.05) is 6.92 Å². The van der Waals surface area contributed by atoms with Gasteiger partial charge in [0, 0.05) is 4.91 Å². The van der Waals surface area contributed by atoms with Gasteiger partial charge in [-0.15, -0.1) is 0 Å². The van der Waals surface area contributed by atoms with Crippen LogP contribution in [0.2, 0.25) is 0 Å². The Hall–Kier alpha value is -0.210. The molecule has 17 heavy (non-hydrogen) atoms. The van der Waals surface area contributed by atoms with E-state index < -0.39 is 5.60 Å². The first-order chi connectivity index (χ1) is 8.07. The predicted octanol–water partition coefficient (Wildman–Crippen LogP) is 4.88. The fourth-order valence-corrected chi connectivity index (χ4v) is 3.45. The van der Waals surface area contributed by atoms with E-state index >= 15 is 0 Å². The Morgan fingerprint density at radius 3 is 2.24 bits per heavy atom. The molecule has 0 aromatic rings. The van der Waals surface area contributed by atoms with Crippen molar-refractivity contribution >= 4 is 11.8 Å². The summed E-state index contributed by atoms with van der Waals surface area (Å²) in [5, 5.41) is 10.8. The SMILES string of the molecule is C=C(S/C(=C\C)C(O)(CCC)CCC)C1CC1. The average molecular weight is 254 g/mol. The molecule has 0 radical (unpaired) electrons. The van der Waals surface area contributed by atoms with Crippen LogP contribution in [0.3, 0.4) is 0 Å². The van der Waals surface area contributed by atoms with Crippen LogP contribution in [0.15, 0.2) is 22.5 Å². The molecule has 0 spiro atoms. The van der Waals surface area contributed by atoms with E-state index in [2.05, 4.69) is 26.5 Å². The molecule has 98 valence electrons. The van der Waals surface area contributed by atoms with Gasteiger partial charge < -0.3 is 5.11 Å². The lowest BCUT2D eigenvalue weighted by Crippen LogP contribution is -2.29. The monoisotopic (exact) mass is 254 g/mol. The van der Waals surface area contributed by atoms with Crippen LogP contribution in [0.1, 0.15) is 59.3 Å². The van der Waals surface area contributed by atoms with Gasteiger partial charge in [-0.1, -0.05) is 51.1 Å². The molecular weight excluding hydrogens is 228 g/mol. The second kappa shape index (κ2) is 6.65. The van der Waals surface area contributed by atoms with E-state index in [1.165, 1.54) is 17.7 Å². The zero-order chi connectivity index (χ0) is 12.9. The third-order valence-electron chi connectivity index (χ3n) is 3.32.